The minimum atomic E-state index is 0.303. The first-order valence-corrected chi connectivity index (χ1v) is 7.13. The number of ether oxygens (including phenoxy) is 1. The monoisotopic (exact) mass is 270 g/mol. The van der Waals surface area contributed by atoms with Crippen molar-refractivity contribution in [2.24, 2.45) is 0 Å². The topological polar surface area (TPSA) is 34.2 Å². The fourth-order valence-electron chi connectivity index (χ4n) is 2.01. The predicted molar refractivity (Wildman–Crippen MR) is 82.2 cm³/mol. The highest BCUT2D eigenvalue weighted by atomic mass is 16.5. The Kier molecular flexibility index (Phi) is 5.13. The van der Waals surface area contributed by atoms with Crippen molar-refractivity contribution in [2.45, 2.75) is 33.2 Å². The van der Waals surface area contributed by atoms with E-state index in [1.165, 1.54) is 5.56 Å². The third-order valence-corrected chi connectivity index (χ3v) is 3.27. The Labute approximate surface area is 121 Å². The van der Waals surface area contributed by atoms with Gasteiger partial charge in [-0.15, -0.1) is 0 Å². The largest absolute Gasteiger partial charge is 0.439 e. The quantitative estimate of drug-likeness (QED) is 0.852. The van der Waals surface area contributed by atoms with Gasteiger partial charge in [0.15, 0.2) is 0 Å². The first kappa shape index (κ1) is 14.5. The van der Waals surface area contributed by atoms with Crippen molar-refractivity contribution < 1.29 is 4.74 Å². The van der Waals surface area contributed by atoms with E-state index in [0.29, 0.717) is 11.9 Å². The van der Waals surface area contributed by atoms with Crippen molar-refractivity contribution in [2.75, 3.05) is 6.54 Å². The lowest BCUT2D eigenvalue weighted by Gasteiger charge is -2.14. The lowest BCUT2D eigenvalue weighted by Crippen LogP contribution is -2.19. The maximum atomic E-state index is 5.87. The number of nitrogens with one attached hydrogen (secondary N) is 1. The molecule has 0 spiro atoms. The average molecular weight is 270 g/mol. The van der Waals surface area contributed by atoms with E-state index in [1.54, 1.807) is 6.20 Å². The van der Waals surface area contributed by atoms with Crippen molar-refractivity contribution in [3.05, 3.63) is 53.7 Å². The van der Waals surface area contributed by atoms with E-state index in [0.717, 1.165) is 24.3 Å². The zero-order valence-corrected chi connectivity index (χ0v) is 12.4. The number of pyridine rings is 1. The van der Waals surface area contributed by atoms with Gasteiger partial charge in [0.1, 0.15) is 5.75 Å². The van der Waals surface area contributed by atoms with Crippen molar-refractivity contribution in [3.63, 3.8) is 0 Å². The number of aryl methyl sites for hydroxylation is 1. The highest BCUT2D eigenvalue weighted by Crippen LogP contribution is 2.24. The Morgan fingerprint density at radius 3 is 2.80 bits per heavy atom. The van der Waals surface area contributed by atoms with E-state index < -0.39 is 0 Å². The van der Waals surface area contributed by atoms with Crippen LogP contribution < -0.4 is 10.1 Å². The van der Waals surface area contributed by atoms with Crippen molar-refractivity contribution in [1.29, 1.82) is 0 Å². The second kappa shape index (κ2) is 7.06. The molecule has 1 atom stereocenters. The molecule has 3 heteroatoms. The Morgan fingerprint density at radius 1 is 1.25 bits per heavy atom. The van der Waals surface area contributed by atoms with Crippen LogP contribution in [0.5, 0.6) is 11.6 Å². The van der Waals surface area contributed by atoms with Gasteiger partial charge in [0.05, 0.1) is 0 Å². The smallest absolute Gasteiger partial charge is 0.219 e. The molecule has 0 fully saturated rings. The third kappa shape index (κ3) is 3.81. The molecule has 2 aromatic rings. The molecule has 3 nitrogen and oxygen atoms in total. The molecular weight excluding hydrogens is 248 g/mol. The van der Waals surface area contributed by atoms with Gasteiger partial charge < -0.3 is 10.1 Å². The molecular formula is C17H22N2O. The summed E-state index contributed by atoms with van der Waals surface area (Å²) in [5.41, 5.74) is 2.30. The molecule has 1 N–H and O–H groups in total. The molecule has 0 saturated heterocycles. The van der Waals surface area contributed by atoms with Crippen molar-refractivity contribution in [1.82, 2.24) is 10.3 Å². The minimum absolute atomic E-state index is 0.303. The van der Waals surface area contributed by atoms with Crippen LogP contribution in [0, 0.1) is 6.92 Å². The normalized spacial score (nSPS) is 12.2. The fraction of sp³-hybridized carbons (Fsp3) is 0.353. The third-order valence-electron chi connectivity index (χ3n) is 3.27. The van der Waals surface area contributed by atoms with Crippen LogP contribution in [0.2, 0.25) is 0 Å². The summed E-state index contributed by atoms with van der Waals surface area (Å²) >= 11 is 0. The number of aromatic nitrogens is 1. The Bertz CT molecular complexity index is 554. The predicted octanol–water partition coefficient (Wildman–Crippen LogP) is 4.24. The van der Waals surface area contributed by atoms with Crippen molar-refractivity contribution >= 4 is 0 Å². The summed E-state index contributed by atoms with van der Waals surface area (Å²) in [6.45, 7) is 7.36. The van der Waals surface area contributed by atoms with Crippen molar-refractivity contribution in [3.8, 4) is 11.6 Å². The molecule has 0 aliphatic heterocycles. The standard InChI is InChI=1S/C17H22N2O/c1-4-10-18-14(3)15-9-11-19-17(12-15)20-16-8-6-5-7-13(16)2/h5-9,11-12,14,18H,4,10H2,1-3H3. The molecule has 2 rings (SSSR count). The maximum Gasteiger partial charge on any atom is 0.219 e. The molecule has 1 heterocycles. The van der Waals surface area contributed by atoms with Gasteiger partial charge in [-0.25, -0.2) is 4.98 Å². The first-order chi connectivity index (χ1) is 9.70. The summed E-state index contributed by atoms with van der Waals surface area (Å²) in [6.07, 6.45) is 2.93. The Balaban J connectivity index is 2.12. The van der Waals surface area contributed by atoms with Gasteiger partial charge in [-0.3, -0.25) is 0 Å². The van der Waals surface area contributed by atoms with E-state index in [-0.39, 0.29) is 0 Å². The molecule has 0 aliphatic carbocycles. The Hall–Kier alpha value is -1.87. The highest BCUT2D eigenvalue weighted by Gasteiger charge is 2.07. The van der Waals surface area contributed by atoms with Crippen LogP contribution in [0.4, 0.5) is 0 Å². The summed E-state index contributed by atoms with van der Waals surface area (Å²) in [7, 11) is 0. The molecule has 0 aliphatic rings. The molecule has 1 unspecified atom stereocenters. The van der Waals surface area contributed by atoms with Gasteiger partial charge in [-0.05, 0) is 50.1 Å². The molecule has 0 radical (unpaired) electrons. The first-order valence-electron chi connectivity index (χ1n) is 7.13. The molecule has 0 saturated carbocycles. The molecule has 20 heavy (non-hydrogen) atoms. The van der Waals surface area contributed by atoms with E-state index in [9.17, 15) is 0 Å². The maximum absolute atomic E-state index is 5.87. The molecule has 0 bridgehead atoms. The summed E-state index contributed by atoms with van der Waals surface area (Å²) in [5.74, 6) is 1.49. The number of benzene rings is 1. The van der Waals surface area contributed by atoms with Gasteiger partial charge in [0, 0.05) is 18.3 Å². The average Bonchev–Trinajstić information content (AvgIpc) is 2.47. The van der Waals surface area contributed by atoms with Crippen LogP contribution in [0.1, 0.15) is 37.4 Å². The summed E-state index contributed by atoms with van der Waals surface area (Å²) < 4.78 is 5.87. The summed E-state index contributed by atoms with van der Waals surface area (Å²) in [5, 5.41) is 3.47. The molecule has 106 valence electrons. The molecule has 0 amide bonds. The van der Waals surface area contributed by atoms with E-state index in [4.69, 9.17) is 4.74 Å². The minimum Gasteiger partial charge on any atom is -0.439 e. The van der Waals surface area contributed by atoms with Crippen LogP contribution in [0.3, 0.4) is 0 Å². The van der Waals surface area contributed by atoms with E-state index in [2.05, 4.69) is 24.1 Å². The lowest BCUT2D eigenvalue weighted by atomic mass is 10.1. The number of nitrogens with zero attached hydrogens (tertiary/aromatic N) is 1. The number of para-hydroxylation sites is 1. The van der Waals surface area contributed by atoms with Crippen LogP contribution in [0.15, 0.2) is 42.6 Å². The molecule has 1 aromatic heterocycles. The van der Waals surface area contributed by atoms with Crippen LogP contribution in [-0.4, -0.2) is 11.5 Å². The van der Waals surface area contributed by atoms with Crippen LogP contribution in [0.25, 0.3) is 0 Å². The van der Waals surface area contributed by atoms with Crippen LogP contribution >= 0.6 is 0 Å². The zero-order chi connectivity index (χ0) is 14.4. The van der Waals surface area contributed by atoms with Gasteiger partial charge in [-0.2, -0.15) is 0 Å². The van der Waals surface area contributed by atoms with Crippen LogP contribution in [-0.2, 0) is 0 Å². The fourth-order valence-corrected chi connectivity index (χ4v) is 2.01. The van der Waals surface area contributed by atoms with Gasteiger partial charge in [-0.1, -0.05) is 25.1 Å². The number of hydrogen-bond acceptors (Lipinski definition) is 3. The summed E-state index contributed by atoms with van der Waals surface area (Å²) in [6, 6.07) is 12.3. The number of rotatable bonds is 6. The van der Waals surface area contributed by atoms with E-state index >= 15 is 0 Å². The number of hydrogen-bond donors (Lipinski definition) is 1. The lowest BCUT2D eigenvalue weighted by molar-refractivity contribution is 0.456. The van der Waals surface area contributed by atoms with Gasteiger partial charge in [0.2, 0.25) is 5.88 Å². The highest BCUT2D eigenvalue weighted by molar-refractivity contribution is 5.35. The zero-order valence-electron chi connectivity index (χ0n) is 12.4. The SMILES string of the molecule is CCCNC(C)c1ccnc(Oc2ccccc2C)c1. The second-order valence-corrected chi connectivity index (χ2v) is 4.97. The summed E-state index contributed by atoms with van der Waals surface area (Å²) in [4.78, 5) is 4.29. The van der Waals surface area contributed by atoms with E-state index in [1.807, 2.05) is 43.3 Å². The Morgan fingerprint density at radius 2 is 2.05 bits per heavy atom. The van der Waals surface area contributed by atoms with Gasteiger partial charge >= 0.3 is 0 Å². The molecule has 1 aromatic carbocycles. The van der Waals surface area contributed by atoms with Gasteiger partial charge in [0.25, 0.3) is 0 Å². The second-order valence-electron chi connectivity index (χ2n) is 4.97.